The molecule has 5 heteroatoms. The van der Waals surface area contributed by atoms with Crippen LogP contribution in [0.3, 0.4) is 0 Å². The summed E-state index contributed by atoms with van der Waals surface area (Å²) in [4.78, 5) is 24.1. The molecular formula is C16H18N2O3. The van der Waals surface area contributed by atoms with Crippen LogP contribution in [0.4, 0.5) is 0 Å². The number of aryl methyl sites for hydroxylation is 3. The van der Waals surface area contributed by atoms with Crippen molar-refractivity contribution in [3.63, 3.8) is 0 Å². The summed E-state index contributed by atoms with van der Waals surface area (Å²) in [5.74, 6) is -1.50. The fourth-order valence-electron chi connectivity index (χ4n) is 2.19. The Hall–Kier alpha value is -2.43. The first kappa shape index (κ1) is 15.0. The molecular weight excluding hydrogens is 268 g/mol. The second-order valence-corrected chi connectivity index (χ2v) is 5.00. The van der Waals surface area contributed by atoms with Crippen LogP contribution in [0.5, 0.6) is 0 Å². The Balaban J connectivity index is 2.10. The van der Waals surface area contributed by atoms with Crippen LogP contribution in [0, 0.1) is 20.8 Å². The van der Waals surface area contributed by atoms with E-state index < -0.39 is 11.8 Å². The molecule has 0 atom stereocenters. The molecule has 110 valence electrons. The zero-order valence-electron chi connectivity index (χ0n) is 12.6. The van der Waals surface area contributed by atoms with Crippen molar-refractivity contribution in [3.05, 3.63) is 52.3 Å². The van der Waals surface area contributed by atoms with E-state index in [4.69, 9.17) is 4.74 Å². The second kappa shape index (κ2) is 5.91. The predicted molar refractivity (Wildman–Crippen MR) is 78.0 cm³/mol. The molecule has 0 aliphatic heterocycles. The van der Waals surface area contributed by atoms with Crippen molar-refractivity contribution < 1.29 is 14.3 Å². The van der Waals surface area contributed by atoms with Gasteiger partial charge in [-0.3, -0.25) is 9.48 Å². The highest BCUT2D eigenvalue weighted by atomic mass is 16.5. The summed E-state index contributed by atoms with van der Waals surface area (Å²) in [5, 5.41) is 4.13. The second-order valence-electron chi connectivity index (χ2n) is 5.00. The minimum atomic E-state index is -0.850. The summed E-state index contributed by atoms with van der Waals surface area (Å²) in [5.41, 5.74) is 3.43. The van der Waals surface area contributed by atoms with Gasteiger partial charge in [0.2, 0.25) is 0 Å². The van der Waals surface area contributed by atoms with Gasteiger partial charge in [-0.15, -0.1) is 0 Å². The van der Waals surface area contributed by atoms with Gasteiger partial charge in [0.25, 0.3) is 5.78 Å². The van der Waals surface area contributed by atoms with E-state index in [0.717, 1.165) is 11.1 Å². The van der Waals surface area contributed by atoms with Crippen LogP contribution in [0.25, 0.3) is 0 Å². The maximum absolute atomic E-state index is 12.2. The third-order valence-corrected chi connectivity index (χ3v) is 3.54. The zero-order valence-corrected chi connectivity index (χ0v) is 12.6. The standard InChI is InChI=1S/C16H18N2O3/c1-10-7-5-6-8-13(10)9-21-16(20)15(19)14-11(2)17-18(4)12(14)3/h5-8H,9H2,1-4H3. The number of aromatic nitrogens is 2. The van der Waals surface area contributed by atoms with E-state index in [1.54, 1.807) is 25.6 Å². The number of ketones is 1. The third-order valence-electron chi connectivity index (χ3n) is 3.54. The van der Waals surface area contributed by atoms with Crippen molar-refractivity contribution in [1.82, 2.24) is 9.78 Å². The lowest BCUT2D eigenvalue weighted by atomic mass is 10.1. The van der Waals surface area contributed by atoms with Crippen molar-refractivity contribution in [2.75, 3.05) is 0 Å². The molecule has 0 amide bonds. The van der Waals surface area contributed by atoms with E-state index in [9.17, 15) is 9.59 Å². The summed E-state index contributed by atoms with van der Waals surface area (Å²) < 4.78 is 6.70. The fraction of sp³-hybridized carbons (Fsp3) is 0.312. The van der Waals surface area contributed by atoms with Gasteiger partial charge in [0.1, 0.15) is 6.61 Å². The number of Topliss-reactive ketones (excluding diaryl/α,β-unsaturated/α-hetero) is 1. The molecule has 21 heavy (non-hydrogen) atoms. The Morgan fingerprint density at radius 2 is 1.86 bits per heavy atom. The normalized spacial score (nSPS) is 10.5. The number of nitrogens with zero attached hydrogens (tertiary/aromatic N) is 2. The molecule has 0 radical (unpaired) electrons. The van der Waals surface area contributed by atoms with Crippen LogP contribution in [0.2, 0.25) is 0 Å². The topological polar surface area (TPSA) is 61.2 Å². The quantitative estimate of drug-likeness (QED) is 0.491. The average molecular weight is 286 g/mol. The van der Waals surface area contributed by atoms with Crippen LogP contribution >= 0.6 is 0 Å². The Bertz CT molecular complexity index is 702. The highest BCUT2D eigenvalue weighted by Crippen LogP contribution is 2.14. The zero-order chi connectivity index (χ0) is 15.6. The highest BCUT2D eigenvalue weighted by Gasteiger charge is 2.25. The highest BCUT2D eigenvalue weighted by molar-refractivity contribution is 6.41. The number of hydrogen-bond donors (Lipinski definition) is 0. The van der Waals surface area contributed by atoms with Crippen molar-refractivity contribution in [3.8, 4) is 0 Å². The predicted octanol–water partition coefficient (Wildman–Crippen LogP) is 2.27. The van der Waals surface area contributed by atoms with E-state index in [1.807, 2.05) is 31.2 Å². The van der Waals surface area contributed by atoms with Gasteiger partial charge in [0, 0.05) is 12.7 Å². The Morgan fingerprint density at radius 3 is 2.43 bits per heavy atom. The number of benzene rings is 1. The molecule has 0 saturated heterocycles. The van der Waals surface area contributed by atoms with E-state index in [2.05, 4.69) is 5.10 Å². The molecule has 2 rings (SSSR count). The largest absolute Gasteiger partial charge is 0.455 e. The van der Waals surface area contributed by atoms with Crippen molar-refractivity contribution in [2.24, 2.45) is 7.05 Å². The molecule has 2 aromatic rings. The summed E-state index contributed by atoms with van der Waals surface area (Å²) in [6.45, 7) is 5.48. The van der Waals surface area contributed by atoms with Gasteiger partial charge in [-0.2, -0.15) is 5.10 Å². The van der Waals surface area contributed by atoms with Crippen LogP contribution in [0.1, 0.15) is 32.9 Å². The first-order chi connectivity index (χ1) is 9.91. The summed E-state index contributed by atoms with van der Waals surface area (Å²) >= 11 is 0. The van der Waals surface area contributed by atoms with E-state index in [1.165, 1.54) is 0 Å². The van der Waals surface area contributed by atoms with Gasteiger partial charge in [0.15, 0.2) is 0 Å². The molecule has 1 heterocycles. The van der Waals surface area contributed by atoms with E-state index >= 15 is 0 Å². The maximum atomic E-state index is 12.2. The molecule has 0 saturated carbocycles. The van der Waals surface area contributed by atoms with Crippen LogP contribution < -0.4 is 0 Å². The van der Waals surface area contributed by atoms with Crippen molar-refractivity contribution in [1.29, 1.82) is 0 Å². The number of esters is 1. The molecule has 5 nitrogen and oxygen atoms in total. The monoisotopic (exact) mass is 286 g/mol. The average Bonchev–Trinajstić information content (AvgIpc) is 2.70. The van der Waals surface area contributed by atoms with Crippen molar-refractivity contribution in [2.45, 2.75) is 27.4 Å². The molecule has 0 bridgehead atoms. The number of hydrogen-bond acceptors (Lipinski definition) is 4. The molecule has 0 aliphatic rings. The van der Waals surface area contributed by atoms with Crippen LogP contribution in [-0.4, -0.2) is 21.5 Å². The summed E-state index contributed by atoms with van der Waals surface area (Å²) in [6.07, 6.45) is 0. The Morgan fingerprint density at radius 1 is 1.19 bits per heavy atom. The van der Waals surface area contributed by atoms with Crippen LogP contribution in [-0.2, 0) is 23.2 Å². The van der Waals surface area contributed by atoms with Gasteiger partial charge < -0.3 is 4.74 Å². The summed E-state index contributed by atoms with van der Waals surface area (Å²) in [6, 6.07) is 7.58. The fourth-order valence-corrected chi connectivity index (χ4v) is 2.19. The molecule has 1 aromatic heterocycles. The molecule has 0 N–H and O–H groups in total. The van der Waals surface area contributed by atoms with Gasteiger partial charge in [0.05, 0.1) is 11.3 Å². The minimum Gasteiger partial charge on any atom is -0.455 e. The minimum absolute atomic E-state index is 0.0929. The maximum Gasteiger partial charge on any atom is 0.380 e. The lowest BCUT2D eigenvalue weighted by Gasteiger charge is -2.07. The number of ether oxygens (including phenoxy) is 1. The smallest absolute Gasteiger partial charge is 0.380 e. The molecule has 0 aliphatic carbocycles. The lowest BCUT2D eigenvalue weighted by molar-refractivity contribution is -0.139. The van der Waals surface area contributed by atoms with Crippen LogP contribution in [0.15, 0.2) is 24.3 Å². The Kier molecular flexibility index (Phi) is 4.21. The van der Waals surface area contributed by atoms with Gasteiger partial charge in [-0.25, -0.2) is 4.79 Å². The van der Waals surface area contributed by atoms with E-state index in [0.29, 0.717) is 17.0 Å². The first-order valence-electron chi connectivity index (χ1n) is 6.68. The van der Waals surface area contributed by atoms with Crippen molar-refractivity contribution >= 4 is 11.8 Å². The Labute approximate surface area is 123 Å². The van der Waals surface area contributed by atoms with E-state index in [-0.39, 0.29) is 6.61 Å². The molecule has 0 fully saturated rings. The first-order valence-corrected chi connectivity index (χ1v) is 6.68. The number of carbonyl (C=O) groups is 2. The van der Waals surface area contributed by atoms with Gasteiger partial charge >= 0.3 is 5.97 Å². The van der Waals surface area contributed by atoms with Gasteiger partial charge in [-0.1, -0.05) is 24.3 Å². The number of carbonyl (C=O) groups excluding carboxylic acids is 2. The molecule has 1 aromatic carbocycles. The van der Waals surface area contributed by atoms with Gasteiger partial charge in [-0.05, 0) is 31.9 Å². The molecule has 0 unspecified atom stereocenters. The lowest BCUT2D eigenvalue weighted by Crippen LogP contribution is -2.19. The summed E-state index contributed by atoms with van der Waals surface area (Å²) in [7, 11) is 1.73. The SMILES string of the molecule is Cc1ccccc1COC(=O)C(=O)c1c(C)nn(C)c1C. The molecule has 0 spiro atoms. The number of rotatable bonds is 4. The third kappa shape index (κ3) is 3.02.